The van der Waals surface area contributed by atoms with Gasteiger partial charge in [0.05, 0.1) is 0 Å². The molecule has 0 saturated heterocycles. The Kier molecular flexibility index (Phi) is 7.17. The third kappa shape index (κ3) is 6.79. The predicted octanol–water partition coefficient (Wildman–Crippen LogP) is 4.04. The van der Waals surface area contributed by atoms with Gasteiger partial charge in [0.15, 0.2) is 0 Å². The van der Waals surface area contributed by atoms with Gasteiger partial charge in [-0.2, -0.15) is 0 Å². The number of furan rings is 1. The Balaban J connectivity index is 2.29. The molecule has 0 atom stereocenters. The highest BCUT2D eigenvalue weighted by molar-refractivity contribution is 5.20. The highest BCUT2D eigenvalue weighted by atomic mass is 16.5. The Morgan fingerprint density at radius 1 is 1.26 bits per heavy atom. The molecule has 19 heavy (non-hydrogen) atoms. The first kappa shape index (κ1) is 16.3. The molecule has 1 aromatic heterocycles. The quantitative estimate of drug-likeness (QED) is 0.686. The molecule has 0 aliphatic rings. The average molecular weight is 267 g/mol. The fourth-order valence-corrected chi connectivity index (χ4v) is 1.91. The van der Waals surface area contributed by atoms with Gasteiger partial charge in [0.2, 0.25) is 0 Å². The molecule has 0 spiro atoms. The Hall–Kier alpha value is -0.800. The first-order valence-corrected chi connectivity index (χ1v) is 7.38. The maximum Gasteiger partial charge on any atom is 0.130 e. The zero-order chi connectivity index (χ0) is 14.3. The van der Waals surface area contributed by atoms with Crippen molar-refractivity contribution in [1.82, 2.24) is 5.32 Å². The fourth-order valence-electron chi connectivity index (χ4n) is 1.91. The van der Waals surface area contributed by atoms with E-state index >= 15 is 0 Å². The molecule has 1 rings (SSSR count). The molecule has 0 unspecified atom stereocenters. The molecule has 0 aliphatic carbocycles. The van der Waals surface area contributed by atoms with Crippen molar-refractivity contribution >= 4 is 0 Å². The van der Waals surface area contributed by atoms with E-state index in [1.165, 1.54) is 12.0 Å². The van der Waals surface area contributed by atoms with Crippen molar-refractivity contribution in [3.63, 3.8) is 0 Å². The molecular formula is C16H29NO2. The van der Waals surface area contributed by atoms with Crippen molar-refractivity contribution in [2.45, 2.75) is 66.7 Å². The number of aryl methyl sites for hydroxylation is 1. The smallest absolute Gasteiger partial charge is 0.130 e. The maximum absolute atomic E-state index is 5.71. The zero-order valence-electron chi connectivity index (χ0n) is 13.1. The molecule has 0 fully saturated rings. The Labute approximate surface area is 117 Å². The van der Waals surface area contributed by atoms with Crippen LogP contribution in [0.3, 0.4) is 0 Å². The molecule has 1 heterocycles. The van der Waals surface area contributed by atoms with Crippen LogP contribution in [0.5, 0.6) is 0 Å². The van der Waals surface area contributed by atoms with Crippen molar-refractivity contribution in [3.05, 3.63) is 23.2 Å². The van der Waals surface area contributed by atoms with Gasteiger partial charge < -0.3 is 14.5 Å². The summed E-state index contributed by atoms with van der Waals surface area (Å²) in [6, 6.07) is 2.60. The van der Waals surface area contributed by atoms with Crippen LogP contribution in [-0.2, 0) is 17.9 Å². The Bertz CT molecular complexity index is 356. The van der Waals surface area contributed by atoms with E-state index in [-0.39, 0.29) is 0 Å². The van der Waals surface area contributed by atoms with Gasteiger partial charge in [0.25, 0.3) is 0 Å². The Morgan fingerprint density at radius 3 is 2.63 bits per heavy atom. The monoisotopic (exact) mass is 267 g/mol. The molecule has 1 N–H and O–H groups in total. The first-order valence-electron chi connectivity index (χ1n) is 7.38. The number of nitrogens with one attached hydrogen (secondary N) is 1. The van der Waals surface area contributed by atoms with Gasteiger partial charge in [-0.3, -0.25) is 0 Å². The SMILES string of the molecule is Cc1oc(COCCCC(C)C)cc1CNC(C)C. The third-order valence-electron chi connectivity index (χ3n) is 3.09. The summed E-state index contributed by atoms with van der Waals surface area (Å²) < 4.78 is 11.4. The van der Waals surface area contributed by atoms with Gasteiger partial charge in [0.1, 0.15) is 18.1 Å². The number of rotatable bonds is 9. The molecule has 0 amide bonds. The van der Waals surface area contributed by atoms with E-state index in [1.54, 1.807) is 0 Å². The second-order valence-corrected chi connectivity index (χ2v) is 5.92. The first-order chi connectivity index (χ1) is 8.99. The van der Waals surface area contributed by atoms with E-state index in [0.29, 0.717) is 12.6 Å². The molecule has 0 radical (unpaired) electrons. The highest BCUT2D eigenvalue weighted by Gasteiger charge is 2.07. The van der Waals surface area contributed by atoms with Gasteiger partial charge in [-0.15, -0.1) is 0 Å². The molecule has 0 aliphatic heterocycles. The molecule has 1 aromatic rings. The standard InChI is InChI=1S/C16H29NO2/c1-12(2)7-6-8-18-11-16-9-15(14(5)19-16)10-17-13(3)4/h9,12-13,17H,6-8,10-11H2,1-5H3. The van der Waals surface area contributed by atoms with Gasteiger partial charge in [0, 0.05) is 24.8 Å². The third-order valence-corrected chi connectivity index (χ3v) is 3.09. The normalized spacial score (nSPS) is 11.7. The van der Waals surface area contributed by atoms with Crippen molar-refractivity contribution < 1.29 is 9.15 Å². The van der Waals surface area contributed by atoms with Crippen LogP contribution in [0.15, 0.2) is 10.5 Å². The number of hydrogen-bond donors (Lipinski definition) is 1. The van der Waals surface area contributed by atoms with Crippen LogP contribution in [0, 0.1) is 12.8 Å². The molecule has 110 valence electrons. The lowest BCUT2D eigenvalue weighted by atomic mass is 10.1. The van der Waals surface area contributed by atoms with E-state index in [1.807, 2.05) is 6.92 Å². The molecule has 0 aromatic carbocycles. The average Bonchev–Trinajstić information content (AvgIpc) is 2.66. The fraction of sp³-hybridized carbons (Fsp3) is 0.750. The Morgan fingerprint density at radius 2 is 2.00 bits per heavy atom. The molecule has 3 heteroatoms. The predicted molar refractivity (Wildman–Crippen MR) is 79.1 cm³/mol. The summed E-state index contributed by atoms with van der Waals surface area (Å²) in [7, 11) is 0. The lowest BCUT2D eigenvalue weighted by molar-refractivity contribution is 0.100. The largest absolute Gasteiger partial charge is 0.464 e. The van der Waals surface area contributed by atoms with E-state index in [4.69, 9.17) is 9.15 Å². The summed E-state index contributed by atoms with van der Waals surface area (Å²) in [6.07, 6.45) is 2.35. The number of ether oxygens (including phenoxy) is 1. The van der Waals surface area contributed by atoms with Crippen LogP contribution in [0.2, 0.25) is 0 Å². The van der Waals surface area contributed by atoms with Crippen LogP contribution in [0.1, 0.15) is 57.6 Å². The molecule has 3 nitrogen and oxygen atoms in total. The summed E-state index contributed by atoms with van der Waals surface area (Å²) in [5.41, 5.74) is 1.23. The van der Waals surface area contributed by atoms with E-state index in [2.05, 4.69) is 39.1 Å². The van der Waals surface area contributed by atoms with Gasteiger partial charge >= 0.3 is 0 Å². The summed E-state index contributed by atoms with van der Waals surface area (Å²) in [4.78, 5) is 0. The summed E-state index contributed by atoms with van der Waals surface area (Å²) in [6.45, 7) is 13.0. The van der Waals surface area contributed by atoms with Crippen LogP contribution in [0.4, 0.5) is 0 Å². The minimum absolute atomic E-state index is 0.491. The van der Waals surface area contributed by atoms with Crippen LogP contribution < -0.4 is 5.32 Å². The molecule has 0 saturated carbocycles. The van der Waals surface area contributed by atoms with Crippen molar-refractivity contribution in [2.75, 3.05) is 6.61 Å². The van der Waals surface area contributed by atoms with Crippen molar-refractivity contribution in [3.8, 4) is 0 Å². The van der Waals surface area contributed by atoms with Crippen LogP contribution in [-0.4, -0.2) is 12.6 Å². The van der Waals surface area contributed by atoms with E-state index < -0.39 is 0 Å². The van der Waals surface area contributed by atoms with Gasteiger partial charge in [-0.1, -0.05) is 27.7 Å². The summed E-state index contributed by atoms with van der Waals surface area (Å²) in [5, 5.41) is 3.40. The highest BCUT2D eigenvalue weighted by Crippen LogP contribution is 2.16. The molecular weight excluding hydrogens is 238 g/mol. The second kappa shape index (κ2) is 8.39. The van der Waals surface area contributed by atoms with Gasteiger partial charge in [-0.25, -0.2) is 0 Å². The minimum atomic E-state index is 0.491. The lowest BCUT2D eigenvalue weighted by Gasteiger charge is -2.06. The van der Waals surface area contributed by atoms with Crippen molar-refractivity contribution in [1.29, 1.82) is 0 Å². The van der Waals surface area contributed by atoms with E-state index in [0.717, 1.165) is 37.0 Å². The van der Waals surface area contributed by atoms with Crippen molar-refractivity contribution in [2.24, 2.45) is 5.92 Å². The minimum Gasteiger partial charge on any atom is -0.464 e. The number of hydrogen-bond acceptors (Lipinski definition) is 3. The lowest BCUT2D eigenvalue weighted by Crippen LogP contribution is -2.21. The topological polar surface area (TPSA) is 34.4 Å². The maximum atomic E-state index is 5.71. The van der Waals surface area contributed by atoms with Crippen LogP contribution in [0.25, 0.3) is 0 Å². The summed E-state index contributed by atoms with van der Waals surface area (Å²) in [5.74, 6) is 2.68. The zero-order valence-corrected chi connectivity index (χ0v) is 13.1. The van der Waals surface area contributed by atoms with Gasteiger partial charge in [-0.05, 0) is 31.7 Å². The van der Waals surface area contributed by atoms with Crippen LogP contribution >= 0.6 is 0 Å². The van der Waals surface area contributed by atoms with E-state index in [9.17, 15) is 0 Å². The summed E-state index contributed by atoms with van der Waals surface area (Å²) >= 11 is 0. The molecule has 0 bridgehead atoms. The second-order valence-electron chi connectivity index (χ2n) is 5.92.